The molecule has 5 heteroatoms. The van der Waals surface area contributed by atoms with E-state index in [4.69, 9.17) is 5.73 Å². The highest BCUT2D eigenvalue weighted by Gasteiger charge is 2.08. The number of unbranched alkanes of at least 4 members (excludes halogenated alkanes) is 3. The van der Waals surface area contributed by atoms with Crippen molar-refractivity contribution in [3.05, 3.63) is 0 Å². The zero-order chi connectivity index (χ0) is 15.9. The highest BCUT2D eigenvalue weighted by atomic mass is 16.2. The second kappa shape index (κ2) is 13.9. The van der Waals surface area contributed by atoms with Crippen molar-refractivity contribution in [2.75, 3.05) is 13.1 Å². The van der Waals surface area contributed by atoms with Gasteiger partial charge in [-0.05, 0) is 38.6 Å². The van der Waals surface area contributed by atoms with Gasteiger partial charge in [0.2, 0.25) is 11.8 Å². The molecule has 4 N–H and O–H groups in total. The molecule has 0 radical (unpaired) electrons. The van der Waals surface area contributed by atoms with E-state index < -0.39 is 0 Å². The maximum atomic E-state index is 11.7. The largest absolute Gasteiger partial charge is 0.356 e. The first-order valence-electron chi connectivity index (χ1n) is 8.40. The van der Waals surface area contributed by atoms with Crippen molar-refractivity contribution < 1.29 is 9.59 Å². The number of amides is 2. The van der Waals surface area contributed by atoms with Crippen molar-refractivity contribution in [2.24, 2.45) is 5.73 Å². The van der Waals surface area contributed by atoms with Gasteiger partial charge in [-0.15, -0.1) is 0 Å². The van der Waals surface area contributed by atoms with Crippen LogP contribution >= 0.6 is 0 Å². The molecule has 0 aliphatic heterocycles. The molecule has 0 aromatic carbocycles. The molecule has 21 heavy (non-hydrogen) atoms. The van der Waals surface area contributed by atoms with E-state index in [-0.39, 0.29) is 17.9 Å². The van der Waals surface area contributed by atoms with Crippen molar-refractivity contribution in [3.8, 4) is 0 Å². The van der Waals surface area contributed by atoms with Crippen LogP contribution in [0.4, 0.5) is 0 Å². The molecule has 0 aliphatic rings. The number of carbonyl (C=O) groups is 2. The maximum Gasteiger partial charge on any atom is 0.220 e. The predicted octanol–water partition coefficient (Wildman–Crippen LogP) is 2.10. The third-order valence-corrected chi connectivity index (χ3v) is 3.53. The minimum absolute atomic E-state index is 0.113. The average molecular weight is 299 g/mol. The van der Waals surface area contributed by atoms with E-state index in [1.165, 1.54) is 0 Å². The number of hydrogen-bond donors (Lipinski definition) is 3. The summed E-state index contributed by atoms with van der Waals surface area (Å²) in [6.07, 6.45) is 7.72. The zero-order valence-corrected chi connectivity index (χ0v) is 13.7. The lowest BCUT2D eigenvalue weighted by atomic mass is 10.1. The maximum absolute atomic E-state index is 11.7. The molecule has 5 nitrogen and oxygen atoms in total. The fourth-order valence-electron chi connectivity index (χ4n) is 2.12. The van der Waals surface area contributed by atoms with Crippen LogP contribution in [0.2, 0.25) is 0 Å². The van der Waals surface area contributed by atoms with Gasteiger partial charge in [-0.1, -0.05) is 26.7 Å². The summed E-state index contributed by atoms with van der Waals surface area (Å²) in [6.45, 7) is 5.46. The van der Waals surface area contributed by atoms with Crippen molar-refractivity contribution in [1.29, 1.82) is 0 Å². The molecule has 0 fully saturated rings. The number of nitrogens with two attached hydrogens (primary N) is 1. The van der Waals surface area contributed by atoms with Crippen LogP contribution in [0.1, 0.15) is 71.6 Å². The summed E-state index contributed by atoms with van der Waals surface area (Å²) < 4.78 is 0. The summed E-state index contributed by atoms with van der Waals surface area (Å²) in [7, 11) is 0. The van der Waals surface area contributed by atoms with E-state index in [0.717, 1.165) is 51.5 Å². The Balaban J connectivity index is 3.49. The van der Waals surface area contributed by atoms with Gasteiger partial charge in [0, 0.05) is 25.4 Å². The topological polar surface area (TPSA) is 84.2 Å². The highest BCUT2D eigenvalue weighted by Crippen LogP contribution is 2.02. The van der Waals surface area contributed by atoms with Gasteiger partial charge in [0.25, 0.3) is 0 Å². The number of carbonyl (C=O) groups excluding carboxylic acids is 2. The van der Waals surface area contributed by atoms with E-state index >= 15 is 0 Å². The van der Waals surface area contributed by atoms with Gasteiger partial charge in [0.15, 0.2) is 0 Å². The summed E-state index contributed by atoms with van der Waals surface area (Å²) in [5.41, 5.74) is 5.50. The van der Waals surface area contributed by atoms with Gasteiger partial charge in [0.1, 0.15) is 0 Å². The molecule has 0 aromatic heterocycles. The summed E-state index contributed by atoms with van der Waals surface area (Å²) >= 11 is 0. The summed E-state index contributed by atoms with van der Waals surface area (Å²) in [5.74, 6) is 0.254. The van der Waals surface area contributed by atoms with Crippen LogP contribution in [-0.4, -0.2) is 30.9 Å². The Kier molecular flexibility index (Phi) is 13.1. The van der Waals surface area contributed by atoms with Gasteiger partial charge < -0.3 is 16.4 Å². The smallest absolute Gasteiger partial charge is 0.220 e. The molecule has 124 valence electrons. The predicted molar refractivity (Wildman–Crippen MR) is 86.9 cm³/mol. The van der Waals surface area contributed by atoms with Crippen LogP contribution < -0.4 is 16.4 Å². The molecule has 0 saturated heterocycles. The second-order valence-electron chi connectivity index (χ2n) is 5.51. The van der Waals surface area contributed by atoms with Crippen LogP contribution in [0, 0.1) is 0 Å². The molecule has 0 heterocycles. The first-order chi connectivity index (χ1) is 10.1. The fraction of sp³-hybridized carbons (Fsp3) is 0.875. The minimum atomic E-state index is 0.113. The fourth-order valence-corrected chi connectivity index (χ4v) is 2.12. The Labute approximate surface area is 129 Å². The Morgan fingerprint density at radius 1 is 1.00 bits per heavy atom. The Morgan fingerprint density at radius 2 is 1.71 bits per heavy atom. The van der Waals surface area contributed by atoms with Gasteiger partial charge in [-0.3, -0.25) is 9.59 Å². The first-order valence-corrected chi connectivity index (χ1v) is 8.40. The quantitative estimate of drug-likeness (QED) is 0.455. The lowest BCUT2D eigenvalue weighted by Crippen LogP contribution is -2.35. The third-order valence-electron chi connectivity index (χ3n) is 3.53. The summed E-state index contributed by atoms with van der Waals surface area (Å²) in [6, 6.07) is 0.209. The van der Waals surface area contributed by atoms with Crippen LogP contribution in [0.5, 0.6) is 0 Å². The standard InChI is InChI=1S/C16H33N3O2/c1-3-5-9-15(20)18-13-8-6-7-10-16(21)19-14(4-2)11-12-17/h14H,3-13,17H2,1-2H3,(H,18,20)(H,19,21). The SMILES string of the molecule is CCCCC(=O)NCCCCCC(=O)NC(CC)CCN. The average Bonchev–Trinajstić information content (AvgIpc) is 2.48. The Morgan fingerprint density at radius 3 is 2.33 bits per heavy atom. The van der Waals surface area contributed by atoms with E-state index in [9.17, 15) is 9.59 Å². The van der Waals surface area contributed by atoms with Crippen molar-refractivity contribution >= 4 is 11.8 Å². The summed E-state index contributed by atoms with van der Waals surface area (Å²) in [4.78, 5) is 23.1. The lowest BCUT2D eigenvalue weighted by Gasteiger charge is -2.15. The van der Waals surface area contributed by atoms with Gasteiger partial charge in [-0.2, -0.15) is 0 Å². The molecule has 0 aromatic rings. The third kappa shape index (κ3) is 12.4. The monoisotopic (exact) mass is 299 g/mol. The van der Waals surface area contributed by atoms with Crippen LogP contribution in [0.25, 0.3) is 0 Å². The minimum Gasteiger partial charge on any atom is -0.356 e. The highest BCUT2D eigenvalue weighted by molar-refractivity contribution is 5.76. The molecular formula is C16H33N3O2. The van der Waals surface area contributed by atoms with E-state index in [1.807, 2.05) is 0 Å². The normalized spacial score (nSPS) is 12.0. The second-order valence-corrected chi connectivity index (χ2v) is 5.51. The van der Waals surface area contributed by atoms with Gasteiger partial charge in [0.05, 0.1) is 0 Å². The zero-order valence-electron chi connectivity index (χ0n) is 13.7. The Hall–Kier alpha value is -1.10. The molecule has 0 aliphatic carbocycles. The van der Waals surface area contributed by atoms with E-state index in [0.29, 0.717) is 19.4 Å². The number of rotatable bonds is 13. The molecular weight excluding hydrogens is 266 g/mol. The van der Waals surface area contributed by atoms with Crippen LogP contribution in [-0.2, 0) is 9.59 Å². The van der Waals surface area contributed by atoms with Crippen LogP contribution in [0.3, 0.4) is 0 Å². The van der Waals surface area contributed by atoms with Gasteiger partial charge in [-0.25, -0.2) is 0 Å². The van der Waals surface area contributed by atoms with Crippen molar-refractivity contribution in [2.45, 2.75) is 77.7 Å². The van der Waals surface area contributed by atoms with Crippen LogP contribution in [0.15, 0.2) is 0 Å². The van der Waals surface area contributed by atoms with Crippen molar-refractivity contribution in [3.63, 3.8) is 0 Å². The molecule has 0 bridgehead atoms. The Bertz CT molecular complexity index is 283. The van der Waals surface area contributed by atoms with E-state index in [1.54, 1.807) is 0 Å². The molecule has 0 saturated carbocycles. The molecule has 1 atom stereocenters. The summed E-state index contributed by atoms with van der Waals surface area (Å²) in [5, 5.41) is 5.92. The molecule has 0 spiro atoms. The van der Waals surface area contributed by atoms with E-state index in [2.05, 4.69) is 24.5 Å². The molecule has 1 unspecified atom stereocenters. The van der Waals surface area contributed by atoms with Gasteiger partial charge >= 0.3 is 0 Å². The first kappa shape index (κ1) is 19.9. The number of nitrogens with one attached hydrogen (secondary N) is 2. The number of hydrogen-bond acceptors (Lipinski definition) is 3. The lowest BCUT2D eigenvalue weighted by molar-refractivity contribution is -0.122. The van der Waals surface area contributed by atoms with Crippen molar-refractivity contribution in [1.82, 2.24) is 10.6 Å². The molecule has 0 rings (SSSR count). The molecule has 2 amide bonds.